The molecule has 1 fully saturated rings. The molecule has 0 saturated carbocycles. The molecule has 0 unspecified atom stereocenters. The van der Waals surface area contributed by atoms with Crippen molar-refractivity contribution in [2.45, 2.75) is 6.42 Å². The van der Waals surface area contributed by atoms with Crippen molar-refractivity contribution in [1.29, 1.82) is 0 Å². The van der Waals surface area contributed by atoms with E-state index in [0.717, 1.165) is 25.2 Å². The summed E-state index contributed by atoms with van der Waals surface area (Å²) in [6.07, 6.45) is 0.695. The van der Waals surface area contributed by atoms with E-state index in [-0.39, 0.29) is 5.91 Å². The van der Waals surface area contributed by atoms with Gasteiger partial charge in [0.2, 0.25) is 11.8 Å². The van der Waals surface area contributed by atoms with E-state index in [9.17, 15) is 4.79 Å². The molecule has 0 atom stereocenters. The van der Waals surface area contributed by atoms with Crippen LogP contribution < -0.4 is 4.74 Å². The molecule has 1 aliphatic rings. The summed E-state index contributed by atoms with van der Waals surface area (Å²) in [7, 11) is 1.59. The fourth-order valence-electron chi connectivity index (χ4n) is 3.47. The molecule has 4 rings (SSSR count). The Hall–Kier alpha value is -3.19. The molecule has 1 aliphatic heterocycles. The second-order valence-electron chi connectivity index (χ2n) is 6.95. The maximum Gasteiger partial charge on any atom is 0.257 e. The van der Waals surface area contributed by atoms with Gasteiger partial charge in [0.15, 0.2) is 0 Å². The summed E-state index contributed by atoms with van der Waals surface area (Å²) in [5.74, 6) is 1.82. The van der Waals surface area contributed by atoms with Crippen LogP contribution in [0.1, 0.15) is 16.2 Å². The third-order valence-corrected chi connectivity index (χ3v) is 5.13. The summed E-state index contributed by atoms with van der Waals surface area (Å²) in [5.41, 5.74) is 1.54. The molecule has 0 aliphatic carbocycles. The summed E-state index contributed by atoms with van der Waals surface area (Å²) in [4.78, 5) is 17.0. The van der Waals surface area contributed by atoms with Gasteiger partial charge in [0, 0.05) is 44.7 Å². The van der Waals surface area contributed by atoms with E-state index in [0.29, 0.717) is 42.6 Å². The van der Waals surface area contributed by atoms with Gasteiger partial charge in [0.25, 0.3) is 5.91 Å². The van der Waals surface area contributed by atoms with E-state index >= 15 is 0 Å². The van der Waals surface area contributed by atoms with Crippen molar-refractivity contribution in [2.75, 3.05) is 39.8 Å². The Morgan fingerprint density at radius 1 is 1.00 bits per heavy atom. The number of para-hydroxylation sites is 1. The maximum absolute atomic E-state index is 12.8. The van der Waals surface area contributed by atoms with Crippen LogP contribution in [0.3, 0.4) is 0 Å². The average molecular weight is 392 g/mol. The first-order chi connectivity index (χ1) is 14.2. The van der Waals surface area contributed by atoms with Gasteiger partial charge in [-0.3, -0.25) is 9.69 Å². The largest absolute Gasteiger partial charge is 0.496 e. The molecule has 1 amide bonds. The Morgan fingerprint density at radius 2 is 1.72 bits per heavy atom. The number of carbonyl (C=O) groups is 1. The second-order valence-corrected chi connectivity index (χ2v) is 6.95. The van der Waals surface area contributed by atoms with Crippen LogP contribution in [-0.2, 0) is 6.42 Å². The number of ether oxygens (including phenoxy) is 1. The van der Waals surface area contributed by atoms with Crippen molar-refractivity contribution in [3.05, 3.63) is 66.1 Å². The minimum Gasteiger partial charge on any atom is -0.496 e. The van der Waals surface area contributed by atoms with Crippen LogP contribution >= 0.6 is 0 Å². The molecule has 7 nitrogen and oxygen atoms in total. The smallest absolute Gasteiger partial charge is 0.257 e. The minimum atomic E-state index is 0.0199. The molecule has 0 N–H and O–H groups in total. The molecular formula is C22H24N4O3. The first-order valence-electron chi connectivity index (χ1n) is 9.77. The predicted octanol–water partition coefficient (Wildman–Crippen LogP) is 2.75. The van der Waals surface area contributed by atoms with Crippen molar-refractivity contribution in [1.82, 2.24) is 20.0 Å². The number of benzene rings is 2. The highest BCUT2D eigenvalue weighted by Crippen LogP contribution is 2.20. The molecule has 7 heteroatoms. The summed E-state index contributed by atoms with van der Waals surface area (Å²) in [5, 5.41) is 8.29. The Labute approximate surface area is 169 Å². The molecule has 1 aromatic heterocycles. The Balaban J connectivity index is 1.28. The van der Waals surface area contributed by atoms with Gasteiger partial charge in [0.1, 0.15) is 5.75 Å². The van der Waals surface area contributed by atoms with E-state index in [4.69, 9.17) is 9.15 Å². The number of rotatable bonds is 6. The van der Waals surface area contributed by atoms with Gasteiger partial charge in [0.05, 0.1) is 12.7 Å². The summed E-state index contributed by atoms with van der Waals surface area (Å²) >= 11 is 0. The van der Waals surface area contributed by atoms with Crippen molar-refractivity contribution in [3.63, 3.8) is 0 Å². The van der Waals surface area contributed by atoms with Crippen LogP contribution in [0, 0.1) is 0 Å². The van der Waals surface area contributed by atoms with Crippen molar-refractivity contribution in [3.8, 4) is 17.2 Å². The number of piperazine rings is 1. The van der Waals surface area contributed by atoms with E-state index in [1.165, 1.54) is 0 Å². The highest BCUT2D eigenvalue weighted by Gasteiger charge is 2.24. The van der Waals surface area contributed by atoms with Gasteiger partial charge in [-0.05, 0) is 24.3 Å². The van der Waals surface area contributed by atoms with Crippen molar-refractivity contribution < 1.29 is 13.9 Å². The lowest BCUT2D eigenvalue weighted by Crippen LogP contribution is -2.49. The van der Waals surface area contributed by atoms with E-state index in [1.54, 1.807) is 7.11 Å². The molecule has 2 aromatic carbocycles. The van der Waals surface area contributed by atoms with Crippen LogP contribution in [0.15, 0.2) is 59.0 Å². The average Bonchev–Trinajstić information content (AvgIpc) is 3.27. The highest BCUT2D eigenvalue weighted by molar-refractivity contribution is 5.97. The lowest BCUT2D eigenvalue weighted by atomic mass is 10.1. The van der Waals surface area contributed by atoms with Gasteiger partial charge in [-0.25, -0.2) is 0 Å². The first kappa shape index (κ1) is 19.1. The number of nitrogens with zero attached hydrogens (tertiary/aromatic N) is 4. The summed E-state index contributed by atoms with van der Waals surface area (Å²) in [6, 6.07) is 17.1. The SMILES string of the molecule is COc1ccccc1C(=O)N1CCN(CCc2nnc(-c3ccccc3)o2)CC1. The van der Waals surface area contributed by atoms with E-state index in [1.807, 2.05) is 59.5 Å². The topological polar surface area (TPSA) is 71.7 Å². The normalized spacial score (nSPS) is 14.7. The minimum absolute atomic E-state index is 0.0199. The number of hydrogen-bond donors (Lipinski definition) is 0. The van der Waals surface area contributed by atoms with Crippen LogP contribution in [0.5, 0.6) is 5.75 Å². The molecule has 1 saturated heterocycles. The van der Waals surface area contributed by atoms with Gasteiger partial charge >= 0.3 is 0 Å². The quantitative estimate of drug-likeness (QED) is 0.642. The zero-order valence-electron chi connectivity index (χ0n) is 16.5. The highest BCUT2D eigenvalue weighted by atomic mass is 16.5. The van der Waals surface area contributed by atoms with Crippen molar-refractivity contribution >= 4 is 5.91 Å². The molecule has 0 spiro atoms. The number of carbonyl (C=O) groups excluding carboxylic acids is 1. The van der Waals surface area contributed by atoms with E-state index < -0.39 is 0 Å². The van der Waals surface area contributed by atoms with Crippen molar-refractivity contribution in [2.24, 2.45) is 0 Å². The van der Waals surface area contributed by atoms with Gasteiger partial charge in [-0.2, -0.15) is 0 Å². The zero-order chi connectivity index (χ0) is 20.1. The maximum atomic E-state index is 12.8. The molecule has 0 bridgehead atoms. The lowest BCUT2D eigenvalue weighted by molar-refractivity contribution is 0.0633. The molecule has 0 radical (unpaired) electrons. The van der Waals surface area contributed by atoms with Crippen LogP contribution in [0.2, 0.25) is 0 Å². The third-order valence-electron chi connectivity index (χ3n) is 5.13. The predicted molar refractivity (Wildman–Crippen MR) is 109 cm³/mol. The van der Waals surface area contributed by atoms with Gasteiger partial charge < -0.3 is 14.1 Å². The van der Waals surface area contributed by atoms with E-state index in [2.05, 4.69) is 15.1 Å². The van der Waals surface area contributed by atoms with Gasteiger partial charge in [-0.1, -0.05) is 30.3 Å². The number of amides is 1. The first-order valence-corrected chi connectivity index (χ1v) is 9.77. The van der Waals surface area contributed by atoms with Gasteiger partial charge in [-0.15, -0.1) is 10.2 Å². The number of methoxy groups -OCH3 is 1. The fourth-order valence-corrected chi connectivity index (χ4v) is 3.47. The molecule has 150 valence electrons. The lowest BCUT2D eigenvalue weighted by Gasteiger charge is -2.34. The van der Waals surface area contributed by atoms with Crippen LogP contribution in [0.4, 0.5) is 0 Å². The monoisotopic (exact) mass is 392 g/mol. The Kier molecular flexibility index (Phi) is 5.86. The standard InChI is InChI=1S/C22H24N4O3/c1-28-19-10-6-5-9-18(19)22(27)26-15-13-25(14-16-26)12-11-20-23-24-21(29-20)17-7-3-2-4-8-17/h2-10H,11-16H2,1H3. The summed E-state index contributed by atoms with van der Waals surface area (Å²) in [6.45, 7) is 3.85. The molecular weight excluding hydrogens is 368 g/mol. The third kappa shape index (κ3) is 4.46. The zero-order valence-corrected chi connectivity index (χ0v) is 16.5. The second kappa shape index (κ2) is 8.87. The molecule has 29 heavy (non-hydrogen) atoms. The molecule has 2 heterocycles. The summed E-state index contributed by atoms with van der Waals surface area (Å²) < 4.78 is 11.1. The number of aromatic nitrogens is 2. The molecule has 3 aromatic rings. The van der Waals surface area contributed by atoms with Crippen LogP contribution in [0.25, 0.3) is 11.5 Å². The fraction of sp³-hybridized carbons (Fsp3) is 0.318. The number of hydrogen-bond acceptors (Lipinski definition) is 6. The Bertz CT molecular complexity index is 949. The Morgan fingerprint density at radius 3 is 2.48 bits per heavy atom. The van der Waals surface area contributed by atoms with Crippen LogP contribution in [-0.4, -0.2) is 65.7 Å².